The zero-order chi connectivity index (χ0) is 16.8. The molecular weight excluding hydrogens is 368 g/mol. The Hall–Kier alpha value is -0.920. The average molecular weight is 391 g/mol. The Bertz CT molecular complexity index is 603. The van der Waals surface area contributed by atoms with Gasteiger partial charge in [0.25, 0.3) is 5.91 Å². The van der Waals surface area contributed by atoms with E-state index in [1.54, 1.807) is 18.2 Å². The zero-order valence-corrected chi connectivity index (χ0v) is 15.6. The van der Waals surface area contributed by atoms with Gasteiger partial charge in [0.2, 0.25) is 10.0 Å². The normalized spacial score (nSPS) is 11.9. The number of halogens is 1. The highest BCUT2D eigenvalue weighted by molar-refractivity contribution is 9.10. The highest BCUT2D eigenvalue weighted by atomic mass is 79.9. The Morgan fingerprint density at radius 1 is 1.27 bits per heavy atom. The molecule has 0 aromatic heterocycles. The van der Waals surface area contributed by atoms with Crippen molar-refractivity contribution in [2.24, 2.45) is 5.92 Å². The highest BCUT2D eigenvalue weighted by Gasteiger charge is 2.17. The molecule has 0 aliphatic rings. The summed E-state index contributed by atoms with van der Waals surface area (Å²) < 4.78 is 25.6. The van der Waals surface area contributed by atoms with Crippen molar-refractivity contribution in [3.8, 4) is 0 Å². The predicted octanol–water partition coefficient (Wildman–Crippen LogP) is 2.49. The number of sulfonamides is 1. The molecule has 0 atom stereocenters. The van der Waals surface area contributed by atoms with Crippen molar-refractivity contribution in [2.45, 2.75) is 20.3 Å². The number of benzene rings is 1. The molecule has 0 fully saturated rings. The Morgan fingerprint density at radius 2 is 1.91 bits per heavy atom. The number of nitrogens with one attached hydrogen (secondary N) is 1. The van der Waals surface area contributed by atoms with E-state index in [1.807, 2.05) is 6.07 Å². The van der Waals surface area contributed by atoms with Crippen LogP contribution >= 0.6 is 15.9 Å². The van der Waals surface area contributed by atoms with Crippen LogP contribution in [0.1, 0.15) is 30.6 Å². The van der Waals surface area contributed by atoms with Crippen molar-refractivity contribution in [2.75, 3.05) is 25.9 Å². The van der Waals surface area contributed by atoms with Gasteiger partial charge in [0.1, 0.15) is 0 Å². The van der Waals surface area contributed by atoms with Crippen LogP contribution in [0.5, 0.6) is 0 Å². The van der Waals surface area contributed by atoms with Crippen LogP contribution in [0.4, 0.5) is 0 Å². The van der Waals surface area contributed by atoms with Crippen molar-refractivity contribution in [1.82, 2.24) is 9.62 Å². The molecule has 0 aliphatic heterocycles. The molecule has 1 rings (SSSR count). The second kappa shape index (κ2) is 8.64. The fourth-order valence-electron chi connectivity index (χ4n) is 1.88. The smallest absolute Gasteiger partial charge is 0.252 e. The summed E-state index contributed by atoms with van der Waals surface area (Å²) in [6, 6.07) is 7.12. The molecule has 1 amide bonds. The molecule has 1 aromatic rings. The maximum Gasteiger partial charge on any atom is 0.252 e. The average Bonchev–Trinajstić information content (AvgIpc) is 2.41. The summed E-state index contributed by atoms with van der Waals surface area (Å²) in [5, 5.41) is 2.75. The molecule has 0 radical (unpaired) electrons. The number of hydrogen-bond acceptors (Lipinski definition) is 3. The van der Waals surface area contributed by atoms with E-state index in [4.69, 9.17) is 0 Å². The molecule has 0 unspecified atom stereocenters. The number of nitrogens with zero attached hydrogens (tertiary/aromatic N) is 1. The number of hydrogen-bond donors (Lipinski definition) is 1. The lowest BCUT2D eigenvalue weighted by atomic mass is 10.1. The van der Waals surface area contributed by atoms with Gasteiger partial charge in [-0.3, -0.25) is 4.79 Å². The SMILES string of the molecule is CC(C)CCN(CCNC(=O)c1ccccc1Br)S(C)(=O)=O. The van der Waals surface area contributed by atoms with Gasteiger partial charge in [-0.1, -0.05) is 26.0 Å². The molecular formula is C15H23BrN2O3S. The first-order valence-electron chi connectivity index (χ1n) is 7.19. The number of rotatable bonds is 8. The third kappa shape index (κ3) is 6.46. The molecule has 0 bridgehead atoms. The first-order valence-corrected chi connectivity index (χ1v) is 9.83. The fraction of sp³-hybridized carbons (Fsp3) is 0.533. The summed E-state index contributed by atoms with van der Waals surface area (Å²) in [6.07, 6.45) is 1.99. The number of amides is 1. The predicted molar refractivity (Wildman–Crippen MR) is 92.3 cm³/mol. The van der Waals surface area contributed by atoms with Crippen molar-refractivity contribution < 1.29 is 13.2 Å². The van der Waals surface area contributed by atoms with Gasteiger partial charge in [0.15, 0.2) is 0 Å². The lowest BCUT2D eigenvalue weighted by Crippen LogP contribution is -2.39. The third-order valence-corrected chi connectivity index (χ3v) is 5.18. The van der Waals surface area contributed by atoms with Crippen LogP contribution in [0.15, 0.2) is 28.7 Å². The quantitative estimate of drug-likeness (QED) is 0.741. The van der Waals surface area contributed by atoms with Crippen LogP contribution in [-0.2, 0) is 10.0 Å². The maximum atomic E-state index is 12.1. The second-order valence-electron chi connectivity index (χ2n) is 5.58. The highest BCUT2D eigenvalue weighted by Crippen LogP contribution is 2.15. The Morgan fingerprint density at radius 3 is 2.45 bits per heavy atom. The van der Waals surface area contributed by atoms with Crippen LogP contribution in [0, 0.1) is 5.92 Å². The molecule has 0 spiro atoms. The summed E-state index contributed by atoms with van der Waals surface area (Å²) in [4.78, 5) is 12.1. The lowest BCUT2D eigenvalue weighted by molar-refractivity contribution is 0.0950. The monoisotopic (exact) mass is 390 g/mol. The van der Waals surface area contributed by atoms with Gasteiger partial charge in [0.05, 0.1) is 11.8 Å². The summed E-state index contributed by atoms with van der Waals surface area (Å²) in [7, 11) is -3.26. The van der Waals surface area contributed by atoms with Gasteiger partial charge >= 0.3 is 0 Å². The molecule has 7 heteroatoms. The molecule has 0 heterocycles. The van der Waals surface area contributed by atoms with Crippen LogP contribution in [0.2, 0.25) is 0 Å². The van der Waals surface area contributed by atoms with E-state index in [-0.39, 0.29) is 19.0 Å². The molecule has 124 valence electrons. The maximum absolute atomic E-state index is 12.1. The summed E-state index contributed by atoms with van der Waals surface area (Å²) >= 11 is 3.32. The molecule has 0 saturated heterocycles. The second-order valence-corrected chi connectivity index (χ2v) is 8.42. The Kier molecular flexibility index (Phi) is 7.52. The van der Waals surface area contributed by atoms with Gasteiger partial charge < -0.3 is 5.32 Å². The Labute approximate surface area is 141 Å². The van der Waals surface area contributed by atoms with Crippen molar-refractivity contribution in [3.63, 3.8) is 0 Å². The first-order chi connectivity index (χ1) is 10.2. The first kappa shape index (κ1) is 19.1. The van der Waals surface area contributed by atoms with Crippen LogP contribution in [-0.4, -0.2) is 44.5 Å². The summed E-state index contributed by atoms with van der Waals surface area (Å²) in [5.41, 5.74) is 0.538. The Balaban J connectivity index is 2.56. The van der Waals surface area contributed by atoms with Gasteiger partial charge in [0, 0.05) is 24.1 Å². The minimum Gasteiger partial charge on any atom is -0.351 e. The van der Waals surface area contributed by atoms with Gasteiger partial charge in [-0.2, -0.15) is 0 Å². The van der Waals surface area contributed by atoms with Crippen LogP contribution in [0.3, 0.4) is 0 Å². The number of carbonyl (C=O) groups excluding carboxylic acids is 1. The lowest BCUT2D eigenvalue weighted by Gasteiger charge is -2.21. The molecule has 22 heavy (non-hydrogen) atoms. The summed E-state index contributed by atoms with van der Waals surface area (Å²) in [6.45, 7) is 5.14. The third-order valence-electron chi connectivity index (χ3n) is 3.19. The van der Waals surface area contributed by atoms with Gasteiger partial charge in [-0.05, 0) is 40.4 Å². The zero-order valence-electron chi connectivity index (χ0n) is 13.2. The standard InChI is InChI=1S/C15H23BrN2O3S/c1-12(2)8-10-18(22(3,20)21)11-9-17-15(19)13-6-4-5-7-14(13)16/h4-7,12H,8-11H2,1-3H3,(H,17,19). The van der Waals surface area contributed by atoms with E-state index in [2.05, 4.69) is 35.1 Å². The van der Waals surface area contributed by atoms with Gasteiger partial charge in [-0.15, -0.1) is 0 Å². The van der Waals surface area contributed by atoms with E-state index in [0.29, 0.717) is 22.5 Å². The summed E-state index contributed by atoms with van der Waals surface area (Å²) in [5.74, 6) is 0.212. The largest absolute Gasteiger partial charge is 0.351 e. The molecule has 0 saturated carbocycles. The molecule has 1 N–H and O–H groups in total. The van der Waals surface area contributed by atoms with E-state index in [0.717, 1.165) is 6.42 Å². The minimum atomic E-state index is -3.26. The van der Waals surface area contributed by atoms with E-state index in [1.165, 1.54) is 10.6 Å². The van der Waals surface area contributed by atoms with E-state index < -0.39 is 10.0 Å². The number of carbonyl (C=O) groups is 1. The van der Waals surface area contributed by atoms with Crippen LogP contribution < -0.4 is 5.32 Å². The minimum absolute atomic E-state index is 0.218. The van der Waals surface area contributed by atoms with Crippen molar-refractivity contribution in [1.29, 1.82) is 0 Å². The fourth-order valence-corrected chi connectivity index (χ4v) is 3.21. The van der Waals surface area contributed by atoms with E-state index >= 15 is 0 Å². The molecule has 5 nitrogen and oxygen atoms in total. The van der Waals surface area contributed by atoms with Gasteiger partial charge in [-0.25, -0.2) is 12.7 Å². The van der Waals surface area contributed by atoms with E-state index in [9.17, 15) is 13.2 Å². The molecule has 1 aromatic carbocycles. The topological polar surface area (TPSA) is 66.5 Å². The van der Waals surface area contributed by atoms with Crippen LogP contribution in [0.25, 0.3) is 0 Å². The van der Waals surface area contributed by atoms with Crippen molar-refractivity contribution in [3.05, 3.63) is 34.3 Å². The molecule has 0 aliphatic carbocycles. The van der Waals surface area contributed by atoms with Crippen molar-refractivity contribution >= 4 is 31.9 Å².